The molecule has 0 radical (unpaired) electrons. The van der Waals surface area contributed by atoms with Gasteiger partial charge in [0.15, 0.2) is 0 Å². The number of phosphoric acid groups is 1. The number of hydrogen-bond donors (Lipinski definition) is 3. The van der Waals surface area contributed by atoms with Gasteiger partial charge in [0.1, 0.15) is 0 Å². The minimum Gasteiger partial charge on any atom is -0.376 e. The van der Waals surface area contributed by atoms with Gasteiger partial charge in [-0.25, -0.2) is 4.57 Å². The average Bonchev–Trinajstić information content (AvgIpc) is 2.75. The lowest BCUT2D eigenvalue weighted by molar-refractivity contribution is 0.106. The molecule has 17 heteroatoms. The molecule has 0 amide bonds. The largest absolute Gasteiger partial charge is 0.484 e. The first kappa shape index (κ1) is 42.5. The first-order valence-corrected chi connectivity index (χ1v) is 17.7. The fourth-order valence-corrected chi connectivity index (χ4v) is 4.97. The summed E-state index contributed by atoms with van der Waals surface area (Å²) in [4.78, 5) is 21.6. The highest BCUT2D eigenvalue weighted by Gasteiger charge is 2.12. The fourth-order valence-electron chi connectivity index (χ4n) is 1.66. The molecule has 0 aromatic rings. The summed E-state index contributed by atoms with van der Waals surface area (Å²) in [6.07, 6.45) is 0. The maximum absolute atomic E-state index is 8.88. The van der Waals surface area contributed by atoms with Crippen LogP contribution in [0, 0.1) is 0 Å². The molecule has 0 unspecified atom stereocenters. The molecule has 0 heterocycles. The van der Waals surface area contributed by atoms with E-state index in [1.165, 1.54) is 0 Å². The van der Waals surface area contributed by atoms with Gasteiger partial charge in [-0.3, -0.25) is 0 Å². The van der Waals surface area contributed by atoms with Crippen molar-refractivity contribution >= 4 is 36.4 Å². The Morgan fingerprint density at radius 3 is 0.543 bits per heavy atom. The van der Waals surface area contributed by atoms with Gasteiger partial charge in [0, 0.05) is 59.5 Å². The molecule has 0 aromatic carbocycles. The number of rotatable bonds is 18. The zero-order chi connectivity index (χ0) is 28.0. The molecule has 0 aromatic heterocycles. The molecule has 35 heavy (non-hydrogen) atoms. The van der Waals surface area contributed by atoms with Gasteiger partial charge in [0.05, 0.1) is 0 Å². The molecule has 3 N–H and O–H groups in total. The molecule has 0 spiro atoms. The van der Waals surface area contributed by atoms with Crippen molar-refractivity contribution in [1.82, 2.24) is 0 Å². The third-order valence-corrected chi connectivity index (χ3v) is 8.17. The Balaban J connectivity index is -0.000000188. The highest BCUT2D eigenvalue weighted by molar-refractivity contribution is 7.45. The summed E-state index contributed by atoms with van der Waals surface area (Å²) in [6.45, 7) is 23.6. The van der Waals surface area contributed by atoms with Crippen LogP contribution in [0.4, 0.5) is 0 Å². The normalized spacial score (nSPS) is 10.9. The zero-order valence-corrected chi connectivity index (χ0v) is 27.3. The molecule has 0 fully saturated rings. The molecule has 0 bridgehead atoms. The molecule has 218 valence electrons. The number of hydrogen-bond acceptors (Lipinski definition) is 10. The van der Waals surface area contributed by atoms with Gasteiger partial charge in [-0.15, -0.1) is 0 Å². The second kappa shape index (κ2) is 34.4. The van der Waals surface area contributed by atoms with Crippen LogP contribution in [0.15, 0.2) is 0 Å². The van der Waals surface area contributed by atoms with Gasteiger partial charge < -0.3 is 54.5 Å². The quantitative estimate of drug-likeness (QED) is 0.156. The predicted molar refractivity (Wildman–Crippen MR) is 140 cm³/mol. The minimum atomic E-state index is -4.64. The smallest absolute Gasteiger partial charge is 0.376 e. The van der Waals surface area contributed by atoms with E-state index >= 15 is 0 Å². The topological polar surface area (TPSA) is 161 Å². The molecule has 0 saturated heterocycles. The van der Waals surface area contributed by atoms with Crippen molar-refractivity contribution in [2.75, 3.05) is 59.5 Å². The average molecular weight is 591 g/mol. The molecule has 0 saturated carbocycles. The first-order valence-electron chi connectivity index (χ1n) is 11.9. The highest BCUT2D eigenvalue weighted by Crippen LogP contribution is 2.25. The molecule has 13 nitrogen and oxygen atoms in total. The Hall–Kier alpha value is 0.401. The van der Waals surface area contributed by atoms with Gasteiger partial charge in [0.25, 0.3) is 0 Å². The summed E-state index contributed by atoms with van der Waals surface area (Å²) in [5.74, 6) is 0. The molecule has 0 aliphatic rings. The van der Waals surface area contributed by atoms with Gasteiger partial charge in [-0.05, 0) is 62.3 Å². The summed E-state index contributed by atoms with van der Waals surface area (Å²) < 4.78 is 55.8. The third kappa shape index (κ3) is 48.1. The van der Waals surface area contributed by atoms with Gasteiger partial charge in [-0.1, -0.05) is 0 Å². The molecular weight excluding hydrogens is 539 g/mol. The standard InChI is InChI=1S/3C6H16O3Si.H3O4P/c3*1-4-7-10(8-5-2)9-6-3;1-5(2,3)4/h3*10H,4-6H2,1-3H3;(H3,1,2,3,4). The van der Waals surface area contributed by atoms with Crippen LogP contribution in [0.5, 0.6) is 0 Å². The van der Waals surface area contributed by atoms with E-state index in [-0.39, 0.29) is 0 Å². The van der Waals surface area contributed by atoms with Crippen LogP contribution < -0.4 is 0 Å². The first-order chi connectivity index (χ1) is 16.5. The van der Waals surface area contributed by atoms with Crippen molar-refractivity contribution in [2.24, 2.45) is 0 Å². The van der Waals surface area contributed by atoms with Crippen LogP contribution in [0.1, 0.15) is 62.3 Å². The van der Waals surface area contributed by atoms with Crippen molar-refractivity contribution in [2.45, 2.75) is 62.3 Å². The molecule has 0 rings (SSSR count). The van der Waals surface area contributed by atoms with Crippen LogP contribution in [-0.2, 0) is 44.4 Å². The lowest BCUT2D eigenvalue weighted by atomic mass is 10.9. The predicted octanol–water partition coefficient (Wildman–Crippen LogP) is 1.51. The maximum Gasteiger partial charge on any atom is 0.484 e. The fraction of sp³-hybridized carbons (Fsp3) is 1.00. The van der Waals surface area contributed by atoms with Crippen molar-refractivity contribution in [1.29, 1.82) is 0 Å². The van der Waals surface area contributed by atoms with E-state index in [4.69, 9.17) is 59.1 Å². The Morgan fingerprint density at radius 2 is 0.486 bits per heavy atom. The van der Waals surface area contributed by atoms with Crippen molar-refractivity contribution < 1.29 is 59.1 Å². The third-order valence-electron chi connectivity index (χ3n) is 2.72. The van der Waals surface area contributed by atoms with Crippen LogP contribution in [0.3, 0.4) is 0 Å². The van der Waals surface area contributed by atoms with Crippen LogP contribution in [0.25, 0.3) is 0 Å². The van der Waals surface area contributed by atoms with E-state index in [2.05, 4.69) is 0 Å². The Bertz CT molecular complexity index is 331. The van der Waals surface area contributed by atoms with Gasteiger partial charge >= 0.3 is 36.4 Å². The maximum atomic E-state index is 8.88. The lowest BCUT2D eigenvalue weighted by Gasteiger charge is -2.12. The van der Waals surface area contributed by atoms with E-state index in [9.17, 15) is 0 Å². The molecule has 0 aliphatic carbocycles. The Morgan fingerprint density at radius 1 is 0.400 bits per heavy atom. The van der Waals surface area contributed by atoms with Crippen molar-refractivity contribution in [3.05, 3.63) is 0 Å². The lowest BCUT2D eigenvalue weighted by Crippen LogP contribution is -2.27. The summed E-state index contributed by atoms with van der Waals surface area (Å²) in [5.41, 5.74) is 0. The van der Waals surface area contributed by atoms with Crippen molar-refractivity contribution in [3.8, 4) is 0 Å². The monoisotopic (exact) mass is 590 g/mol. The van der Waals surface area contributed by atoms with E-state index in [1.54, 1.807) is 0 Å². The van der Waals surface area contributed by atoms with E-state index in [0.717, 1.165) is 0 Å². The zero-order valence-electron chi connectivity index (χ0n) is 23.0. The van der Waals surface area contributed by atoms with Gasteiger partial charge in [0.2, 0.25) is 0 Å². The molecular formula is C18H51O13PSi3. The molecule has 0 atom stereocenters. The SMILES string of the molecule is CCO[SiH](OCC)OCC.CCO[SiH](OCC)OCC.CCO[SiH](OCC)OCC.O=P(O)(O)O. The second-order valence-electron chi connectivity index (χ2n) is 5.48. The Labute approximate surface area is 217 Å². The van der Waals surface area contributed by atoms with Crippen LogP contribution in [0.2, 0.25) is 0 Å². The van der Waals surface area contributed by atoms with Crippen LogP contribution in [-0.4, -0.2) is 103 Å². The van der Waals surface area contributed by atoms with Crippen molar-refractivity contribution in [3.63, 3.8) is 0 Å². The highest BCUT2D eigenvalue weighted by atomic mass is 31.2. The van der Waals surface area contributed by atoms with Crippen LogP contribution >= 0.6 is 7.82 Å². The summed E-state index contributed by atoms with van der Waals surface area (Å²) >= 11 is 0. The summed E-state index contributed by atoms with van der Waals surface area (Å²) in [5, 5.41) is 0. The summed E-state index contributed by atoms with van der Waals surface area (Å²) in [6, 6.07) is 0. The van der Waals surface area contributed by atoms with E-state index in [1.807, 2.05) is 62.3 Å². The van der Waals surface area contributed by atoms with E-state index < -0.39 is 36.4 Å². The minimum absolute atomic E-state index is 0.677. The second-order valence-corrected chi connectivity index (χ2v) is 11.2. The summed E-state index contributed by atoms with van der Waals surface area (Å²) in [7, 11) is -9.84. The Kier molecular flexibility index (Phi) is 41.8. The van der Waals surface area contributed by atoms with E-state index in [0.29, 0.717) is 59.5 Å². The molecule has 0 aliphatic heterocycles. The van der Waals surface area contributed by atoms with Gasteiger partial charge in [-0.2, -0.15) is 0 Å².